The summed E-state index contributed by atoms with van der Waals surface area (Å²) in [7, 11) is 3.10. The van der Waals surface area contributed by atoms with Crippen molar-refractivity contribution in [2.45, 2.75) is 0 Å². The highest BCUT2D eigenvalue weighted by Gasteiger charge is 2.02. The van der Waals surface area contributed by atoms with Crippen molar-refractivity contribution in [3.05, 3.63) is 30.0 Å². The lowest BCUT2D eigenvalue weighted by Crippen LogP contribution is -2.12. The minimum Gasteiger partial charge on any atom is -0.493 e. The van der Waals surface area contributed by atoms with Gasteiger partial charge in [0.25, 0.3) is 0 Å². The molecule has 0 saturated carbocycles. The third kappa shape index (κ3) is 3.20. The lowest BCUT2D eigenvalue weighted by Gasteiger charge is -2.07. The zero-order valence-corrected chi connectivity index (χ0v) is 9.06. The summed E-state index contributed by atoms with van der Waals surface area (Å²) in [6.07, 6.45) is 1.86. The van der Waals surface area contributed by atoms with Crippen LogP contribution in [-0.2, 0) is 0 Å². The van der Waals surface area contributed by atoms with E-state index in [1.165, 1.54) is 6.20 Å². The van der Waals surface area contributed by atoms with Crippen molar-refractivity contribution in [3.8, 4) is 11.5 Å². The molecule has 16 heavy (non-hydrogen) atoms. The van der Waals surface area contributed by atoms with Crippen LogP contribution in [0.4, 0.5) is 4.79 Å². The molecule has 0 aliphatic rings. The van der Waals surface area contributed by atoms with Crippen LogP contribution in [0.5, 0.6) is 11.5 Å². The van der Waals surface area contributed by atoms with E-state index in [2.05, 4.69) is 5.32 Å². The molecule has 0 saturated heterocycles. The predicted octanol–water partition coefficient (Wildman–Crippen LogP) is 1.94. The van der Waals surface area contributed by atoms with Crippen LogP contribution in [0.15, 0.2) is 24.4 Å². The van der Waals surface area contributed by atoms with Gasteiger partial charge in [-0.05, 0) is 23.8 Å². The zero-order valence-electron chi connectivity index (χ0n) is 9.06. The maximum absolute atomic E-state index is 10.2. The second kappa shape index (κ2) is 5.65. The van der Waals surface area contributed by atoms with Crippen LogP contribution >= 0.6 is 0 Å². The van der Waals surface area contributed by atoms with Crippen LogP contribution in [0.2, 0.25) is 0 Å². The van der Waals surface area contributed by atoms with Gasteiger partial charge < -0.3 is 14.6 Å². The standard InChI is InChI=1S/C11H13NO4/c1-15-9-4-3-8(7-10(9)16-2)5-6-12-11(13)14/h3-7,12H,1-2H3,(H,13,14)/b6-5+. The smallest absolute Gasteiger partial charge is 0.408 e. The summed E-state index contributed by atoms with van der Waals surface area (Å²) < 4.78 is 10.2. The monoisotopic (exact) mass is 223 g/mol. The lowest BCUT2D eigenvalue weighted by atomic mass is 10.2. The number of ether oxygens (including phenoxy) is 2. The molecule has 0 aliphatic heterocycles. The Labute approximate surface area is 93.3 Å². The number of rotatable bonds is 4. The van der Waals surface area contributed by atoms with Crippen molar-refractivity contribution in [1.82, 2.24) is 5.32 Å². The Kier molecular flexibility index (Phi) is 4.20. The van der Waals surface area contributed by atoms with E-state index in [4.69, 9.17) is 14.6 Å². The quantitative estimate of drug-likeness (QED) is 0.818. The molecule has 0 fully saturated rings. The molecule has 0 unspecified atom stereocenters. The fourth-order valence-corrected chi connectivity index (χ4v) is 1.17. The molecule has 2 N–H and O–H groups in total. The van der Waals surface area contributed by atoms with Crippen molar-refractivity contribution >= 4 is 12.2 Å². The molecule has 86 valence electrons. The number of nitrogens with one attached hydrogen (secondary N) is 1. The molecule has 1 aromatic rings. The van der Waals surface area contributed by atoms with E-state index in [1.807, 2.05) is 0 Å². The van der Waals surface area contributed by atoms with Crippen LogP contribution in [0.25, 0.3) is 6.08 Å². The number of methoxy groups -OCH3 is 2. The van der Waals surface area contributed by atoms with Crippen LogP contribution in [-0.4, -0.2) is 25.4 Å². The fourth-order valence-electron chi connectivity index (χ4n) is 1.17. The topological polar surface area (TPSA) is 67.8 Å². The molecule has 0 heterocycles. The van der Waals surface area contributed by atoms with Crippen molar-refractivity contribution in [2.24, 2.45) is 0 Å². The number of amides is 1. The average molecular weight is 223 g/mol. The second-order valence-corrected chi connectivity index (χ2v) is 2.90. The zero-order chi connectivity index (χ0) is 12.0. The highest BCUT2D eigenvalue weighted by Crippen LogP contribution is 2.27. The van der Waals surface area contributed by atoms with Crippen LogP contribution < -0.4 is 14.8 Å². The van der Waals surface area contributed by atoms with Gasteiger partial charge in [0, 0.05) is 6.20 Å². The second-order valence-electron chi connectivity index (χ2n) is 2.90. The van der Waals surface area contributed by atoms with Crippen molar-refractivity contribution < 1.29 is 19.4 Å². The molecular weight excluding hydrogens is 210 g/mol. The number of benzene rings is 1. The Bertz CT molecular complexity index is 401. The van der Waals surface area contributed by atoms with Gasteiger partial charge in [0.1, 0.15) is 0 Å². The lowest BCUT2D eigenvalue weighted by molar-refractivity contribution is 0.198. The van der Waals surface area contributed by atoms with Gasteiger partial charge in [-0.25, -0.2) is 4.79 Å². The number of carboxylic acid groups (broad SMARTS) is 1. The highest BCUT2D eigenvalue weighted by molar-refractivity contribution is 5.67. The number of carbonyl (C=O) groups is 1. The molecule has 0 radical (unpaired) electrons. The van der Waals surface area contributed by atoms with E-state index in [9.17, 15) is 4.79 Å². The number of hydrogen-bond acceptors (Lipinski definition) is 3. The molecule has 1 aromatic carbocycles. The Balaban J connectivity index is 2.82. The van der Waals surface area contributed by atoms with Crippen LogP contribution in [0, 0.1) is 0 Å². The Hall–Kier alpha value is -2.17. The summed E-state index contributed by atoms with van der Waals surface area (Å²) in [5.41, 5.74) is 0.811. The maximum atomic E-state index is 10.2. The molecule has 1 amide bonds. The summed E-state index contributed by atoms with van der Waals surface area (Å²) in [4.78, 5) is 10.2. The Morgan fingerprint density at radius 2 is 2.00 bits per heavy atom. The molecule has 0 bridgehead atoms. The Morgan fingerprint density at radius 3 is 2.56 bits per heavy atom. The average Bonchev–Trinajstić information content (AvgIpc) is 2.28. The fraction of sp³-hybridized carbons (Fsp3) is 0.182. The van der Waals surface area contributed by atoms with Gasteiger partial charge in [-0.2, -0.15) is 0 Å². The third-order valence-electron chi connectivity index (χ3n) is 1.89. The van der Waals surface area contributed by atoms with E-state index < -0.39 is 6.09 Å². The summed E-state index contributed by atoms with van der Waals surface area (Å²) in [5.74, 6) is 1.23. The molecule has 0 spiro atoms. The number of hydrogen-bond donors (Lipinski definition) is 2. The third-order valence-corrected chi connectivity index (χ3v) is 1.89. The van der Waals surface area contributed by atoms with E-state index in [0.29, 0.717) is 11.5 Å². The van der Waals surface area contributed by atoms with Gasteiger partial charge in [0.05, 0.1) is 14.2 Å². The first kappa shape index (κ1) is 11.9. The summed E-state index contributed by atoms with van der Waals surface area (Å²) in [6.45, 7) is 0. The first-order chi connectivity index (χ1) is 7.67. The Morgan fingerprint density at radius 1 is 1.31 bits per heavy atom. The minimum atomic E-state index is -1.10. The normalized spacial score (nSPS) is 10.1. The molecule has 5 nitrogen and oxygen atoms in total. The molecule has 0 aliphatic carbocycles. The van der Waals surface area contributed by atoms with Gasteiger partial charge in [-0.15, -0.1) is 0 Å². The van der Waals surface area contributed by atoms with Gasteiger partial charge in [-0.3, -0.25) is 5.32 Å². The minimum absolute atomic E-state index is 0.597. The van der Waals surface area contributed by atoms with E-state index in [1.54, 1.807) is 38.5 Å². The molecule has 5 heteroatoms. The summed E-state index contributed by atoms with van der Waals surface area (Å²) in [5, 5.41) is 10.5. The maximum Gasteiger partial charge on any atom is 0.408 e. The van der Waals surface area contributed by atoms with Crippen LogP contribution in [0.3, 0.4) is 0 Å². The molecule has 0 atom stereocenters. The van der Waals surface area contributed by atoms with Gasteiger partial charge in [0.15, 0.2) is 11.5 Å². The first-order valence-electron chi connectivity index (χ1n) is 4.55. The highest BCUT2D eigenvalue weighted by atomic mass is 16.5. The summed E-state index contributed by atoms with van der Waals surface area (Å²) in [6, 6.07) is 5.29. The summed E-state index contributed by atoms with van der Waals surface area (Å²) >= 11 is 0. The van der Waals surface area contributed by atoms with E-state index >= 15 is 0 Å². The van der Waals surface area contributed by atoms with Gasteiger partial charge >= 0.3 is 6.09 Å². The van der Waals surface area contributed by atoms with Crippen molar-refractivity contribution in [1.29, 1.82) is 0 Å². The molecule has 1 rings (SSSR count). The van der Waals surface area contributed by atoms with Gasteiger partial charge in [-0.1, -0.05) is 6.07 Å². The van der Waals surface area contributed by atoms with Crippen molar-refractivity contribution in [3.63, 3.8) is 0 Å². The largest absolute Gasteiger partial charge is 0.493 e. The molecule has 0 aromatic heterocycles. The van der Waals surface area contributed by atoms with Gasteiger partial charge in [0.2, 0.25) is 0 Å². The first-order valence-corrected chi connectivity index (χ1v) is 4.55. The van der Waals surface area contributed by atoms with Crippen molar-refractivity contribution in [2.75, 3.05) is 14.2 Å². The predicted molar refractivity (Wildman–Crippen MR) is 59.7 cm³/mol. The van der Waals surface area contributed by atoms with Crippen LogP contribution in [0.1, 0.15) is 5.56 Å². The van der Waals surface area contributed by atoms with E-state index in [0.717, 1.165) is 5.56 Å². The SMILES string of the molecule is COc1ccc(/C=C/NC(=O)O)cc1OC. The molecular formula is C11H13NO4. The van der Waals surface area contributed by atoms with E-state index in [-0.39, 0.29) is 0 Å².